The summed E-state index contributed by atoms with van der Waals surface area (Å²) in [5.74, 6) is -1.19. The number of esters is 2. The first-order valence-corrected chi connectivity index (χ1v) is 17.1. The summed E-state index contributed by atoms with van der Waals surface area (Å²) in [6, 6.07) is 29.5. The van der Waals surface area contributed by atoms with Crippen LogP contribution in [0.3, 0.4) is 0 Å². The molecule has 0 spiro atoms. The van der Waals surface area contributed by atoms with Gasteiger partial charge in [0, 0.05) is 10.8 Å². The van der Waals surface area contributed by atoms with E-state index in [4.69, 9.17) is 14.6 Å². The number of hydrogen-bond acceptors (Lipinski definition) is 5. The molecular formula is C43H46O5. The van der Waals surface area contributed by atoms with E-state index in [0.717, 1.165) is 6.08 Å². The van der Waals surface area contributed by atoms with E-state index in [2.05, 4.69) is 113 Å². The molecule has 2 atom stereocenters. The summed E-state index contributed by atoms with van der Waals surface area (Å²) in [5, 5.41) is 9.17. The van der Waals surface area contributed by atoms with E-state index >= 15 is 0 Å². The minimum absolute atomic E-state index is 0.0160. The quantitative estimate of drug-likeness (QED) is 0.0807. The Balaban J connectivity index is 1.18. The summed E-state index contributed by atoms with van der Waals surface area (Å²) in [4.78, 5) is 24.5. The predicted octanol–water partition coefficient (Wildman–Crippen LogP) is 10.0. The molecule has 0 fully saturated rings. The Hall–Kier alpha value is -4.64. The lowest BCUT2D eigenvalue weighted by Crippen LogP contribution is -2.22. The molecule has 6 rings (SSSR count). The van der Waals surface area contributed by atoms with Gasteiger partial charge in [0.25, 0.3) is 0 Å². The van der Waals surface area contributed by atoms with Gasteiger partial charge in [0.15, 0.2) is 0 Å². The first kappa shape index (κ1) is 33.3. The van der Waals surface area contributed by atoms with Crippen LogP contribution in [0.4, 0.5) is 0 Å². The summed E-state index contributed by atoms with van der Waals surface area (Å²) in [6.07, 6.45) is 2.31. The molecular weight excluding hydrogens is 596 g/mol. The third-order valence-corrected chi connectivity index (χ3v) is 10.5. The number of fused-ring (bicyclic) bond motifs is 6. The number of aliphatic hydroxyl groups excluding tert-OH is 1. The van der Waals surface area contributed by atoms with Gasteiger partial charge in [-0.2, -0.15) is 0 Å². The molecule has 0 bridgehead atoms. The second-order valence-corrected chi connectivity index (χ2v) is 14.5. The SMILES string of the molecule is CCC(CC(C)c1ccc2c(c1)C(C)(C)c1cc(-c3ccc4c(c3)C(C)(C)c3ccccc3-4)ccc1-2)C(=O)OCCOC(=O)C=C(C)O. The molecule has 0 heterocycles. The van der Waals surface area contributed by atoms with Crippen molar-refractivity contribution < 1.29 is 24.2 Å². The highest BCUT2D eigenvalue weighted by Gasteiger charge is 2.38. The van der Waals surface area contributed by atoms with Crippen molar-refractivity contribution >= 4 is 11.9 Å². The lowest BCUT2D eigenvalue weighted by Gasteiger charge is -2.24. The van der Waals surface area contributed by atoms with Crippen molar-refractivity contribution in [2.75, 3.05) is 13.2 Å². The smallest absolute Gasteiger partial charge is 0.334 e. The van der Waals surface area contributed by atoms with E-state index in [-0.39, 0.29) is 47.6 Å². The van der Waals surface area contributed by atoms with Gasteiger partial charge in [-0.25, -0.2) is 4.79 Å². The first-order valence-electron chi connectivity index (χ1n) is 17.1. The molecule has 0 amide bonds. The minimum atomic E-state index is -0.664. The second kappa shape index (κ2) is 12.8. The number of aliphatic hydroxyl groups is 1. The molecule has 48 heavy (non-hydrogen) atoms. The number of ether oxygens (including phenoxy) is 2. The highest BCUT2D eigenvalue weighted by molar-refractivity contribution is 5.87. The van der Waals surface area contributed by atoms with Crippen LogP contribution in [0.1, 0.15) is 95.0 Å². The average Bonchev–Trinajstić information content (AvgIpc) is 3.43. The number of carbonyl (C=O) groups is 2. The van der Waals surface area contributed by atoms with Gasteiger partial charge in [0.1, 0.15) is 13.2 Å². The van der Waals surface area contributed by atoms with E-state index in [1.165, 1.54) is 68.1 Å². The zero-order chi connectivity index (χ0) is 34.4. The molecule has 5 nitrogen and oxygen atoms in total. The molecule has 2 aliphatic rings. The molecule has 4 aromatic rings. The molecule has 0 saturated carbocycles. The van der Waals surface area contributed by atoms with Crippen LogP contribution < -0.4 is 0 Å². The Morgan fingerprint density at radius 1 is 0.729 bits per heavy atom. The monoisotopic (exact) mass is 642 g/mol. The van der Waals surface area contributed by atoms with Gasteiger partial charge in [-0.15, -0.1) is 0 Å². The summed E-state index contributed by atoms with van der Waals surface area (Å²) >= 11 is 0. The van der Waals surface area contributed by atoms with Crippen molar-refractivity contribution in [1.29, 1.82) is 0 Å². The predicted molar refractivity (Wildman–Crippen MR) is 192 cm³/mol. The summed E-state index contributed by atoms with van der Waals surface area (Å²) in [6.45, 7) is 14.8. The minimum Gasteiger partial charge on any atom is -0.512 e. The standard InChI is InChI=1S/C43H46O5/c1-8-28(41(46)48-20-19-47-40(45)22-27(3)44)21-26(2)29-13-16-34-35-18-15-31(25-39(35)43(6,7)37(34)23-29)30-14-17-33-32-11-9-10-12-36(32)42(4,5)38(33)24-30/h9-18,22-26,28,44H,8,19-21H2,1-7H3. The zero-order valence-corrected chi connectivity index (χ0v) is 29.1. The summed E-state index contributed by atoms with van der Waals surface area (Å²) < 4.78 is 10.4. The molecule has 248 valence electrons. The Morgan fingerprint density at radius 3 is 1.85 bits per heavy atom. The molecule has 2 aliphatic carbocycles. The second-order valence-electron chi connectivity index (χ2n) is 14.5. The van der Waals surface area contributed by atoms with Crippen LogP contribution in [0.15, 0.2) is 90.7 Å². The fraction of sp³-hybridized carbons (Fsp3) is 0.349. The van der Waals surface area contributed by atoms with Gasteiger partial charge in [-0.05, 0) is 99.0 Å². The van der Waals surface area contributed by atoms with Crippen LogP contribution >= 0.6 is 0 Å². The summed E-state index contributed by atoms with van der Waals surface area (Å²) in [7, 11) is 0. The van der Waals surface area contributed by atoms with Crippen LogP contribution in [0.5, 0.6) is 0 Å². The van der Waals surface area contributed by atoms with E-state index < -0.39 is 5.97 Å². The van der Waals surface area contributed by atoms with Gasteiger partial charge in [-0.3, -0.25) is 4.79 Å². The lowest BCUT2D eigenvalue weighted by atomic mass is 9.79. The third-order valence-electron chi connectivity index (χ3n) is 10.5. The van der Waals surface area contributed by atoms with Crippen LogP contribution in [0.2, 0.25) is 0 Å². The van der Waals surface area contributed by atoms with Crippen LogP contribution in [-0.2, 0) is 29.9 Å². The maximum absolute atomic E-state index is 12.9. The average molecular weight is 643 g/mol. The largest absolute Gasteiger partial charge is 0.512 e. The Bertz CT molecular complexity index is 1920. The lowest BCUT2D eigenvalue weighted by molar-refractivity contribution is -0.153. The Kier molecular flexibility index (Phi) is 8.84. The molecule has 2 unspecified atom stereocenters. The van der Waals surface area contributed by atoms with E-state index in [1.807, 2.05) is 6.92 Å². The maximum atomic E-state index is 12.9. The van der Waals surface area contributed by atoms with Gasteiger partial charge in [-0.1, -0.05) is 108 Å². The Labute approximate surface area is 284 Å². The molecule has 1 N–H and O–H groups in total. The topological polar surface area (TPSA) is 72.8 Å². The number of hydrogen-bond donors (Lipinski definition) is 1. The van der Waals surface area contributed by atoms with Crippen molar-refractivity contribution in [2.24, 2.45) is 5.92 Å². The maximum Gasteiger partial charge on any atom is 0.334 e. The van der Waals surface area contributed by atoms with Crippen molar-refractivity contribution in [3.8, 4) is 33.4 Å². The van der Waals surface area contributed by atoms with Crippen LogP contribution in [0, 0.1) is 5.92 Å². The normalized spacial score (nSPS) is 16.3. The van der Waals surface area contributed by atoms with Gasteiger partial charge in [0.05, 0.1) is 17.8 Å². The first-order chi connectivity index (χ1) is 22.8. The van der Waals surface area contributed by atoms with Crippen LogP contribution in [-0.4, -0.2) is 30.3 Å². The number of benzene rings is 4. The molecule has 0 aliphatic heterocycles. The fourth-order valence-electron chi connectivity index (χ4n) is 7.73. The van der Waals surface area contributed by atoms with Crippen molar-refractivity contribution in [1.82, 2.24) is 0 Å². The van der Waals surface area contributed by atoms with Crippen molar-refractivity contribution in [3.05, 3.63) is 119 Å². The molecule has 5 heteroatoms. The van der Waals surface area contributed by atoms with Gasteiger partial charge < -0.3 is 14.6 Å². The van der Waals surface area contributed by atoms with Gasteiger partial charge in [0.2, 0.25) is 0 Å². The number of carbonyl (C=O) groups excluding carboxylic acids is 2. The third kappa shape index (κ3) is 5.96. The van der Waals surface area contributed by atoms with Crippen molar-refractivity contribution in [3.63, 3.8) is 0 Å². The fourth-order valence-corrected chi connectivity index (χ4v) is 7.73. The van der Waals surface area contributed by atoms with E-state index in [0.29, 0.717) is 12.8 Å². The number of allylic oxidation sites excluding steroid dienone is 1. The highest BCUT2D eigenvalue weighted by atomic mass is 16.6. The Morgan fingerprint density at radius 2 is 1.25 bits per heavy atom. The molecule has 4 aromatic carbocycles. The number of rotatable bonds is 10. The summed E-state index contributed by atoms with van der Waals surface area (Å²) in [5.41, 5.74) is 14.1. The highest BCUT2D eigenvalue weighted by Crippen LogP contribution is 2.52. The molecule has 0 aromatic heterocycles. The molecule has 0 saturated heterocycles. The van der Waals surface area contributed by atoms with Crippen molar-refractivity contribution in [2.45, 2.75) is 78.1 Å². The van der Waals surface area contributed by atoms with Crippen LogP contribution in [0.25, 0.3) is 33.4 Å². The molecule has 0 radical (unpaired) electrons. The van der Waals surface area contributed by atoms with Gasteiger partial charge >= 0.3 is 11.9 Å². The zero-order valence-electron chi connectivity index (χ0n) is 29.1. The van der Waals surface area contributed by atoms with E-state index in [9.17, 15) is 9.59 Å². The van der Waals surface area contributed by atoms with E-state index in [1.54, 1.807) is 0 Å².